The van der Waals surface area contributed by atoms with Gasteiger partial charge in [-0.3, -0.25) is 4.79 Å². The Morgan fingerprint density at radius 2 is 2.56 bits per heavy atom. The van der Waals surface area contributed by atoms with Gasteiger partial charge in [-0.1, -0.05) is 13.3 Å². The fourth-order valence-corrected chi connectivity index (χ4v) is 2.39. The third-order valence-electron chi connectivity index (χ3n) is 2.66. The molecule has 0 aliphatic carbocycles. The molecule has 1 aliphatic heterocycles. The Labute approximate surface area is 126 Å². The number of hydrogen-bond acceptors (Lipinski definition) is 3. The first-order valence-corrected chi connectivity index (χ1v) is 6.22. The van der Waals surface area contributed by atoms with Crippen molar-refractivity contribution in [2.24, 2.45) is 5.92 Å². The van der Waals surface area contributed by atoms with Gasteiger partial charge in [-0.15, -0.1) is 11.3 Å². The molecule has 2 heterocycles. The van der Waals surface area contributed by atoms with Crippen molar-refractivity contribution in [2.45, 2.75) is 26.2 Å². The maximum absolute atomic E-state index is 11.9. The molecule has 3 nitrogen and oxygen atoms in total. The number of carbonyl (C=O) groups excluding carboxylic acids is 1. The molecule has 1 aromatic heterocycles. The van der Waals surface area contributed by atoms with E-state index in [0.29, 0.717) is 0 Å². The van der Waals surface area contributed by atoms with Gasteiger partial charge < -0.3 is 4.90 Å². The average molecular weight is 312 g/mol. The van der Waals surface area contributed by atoms with Crippen molar-refractivity contribution < 1.29 is 37.5 Å². The maximum Gasteiger partial charge on any atom is 0.196 e. The Morgan fingerprint density at radius 1 is 1.75 bits per heavy atom. The quantitative estimate of drug-likeness (QED) is 0.801. The van der Waals surface area contributed by atoms with Crippen LogP contribution in [0.1, 0.15) is 25.5 Å². The van der Waals surface area contributed by atoms with Crippen molar-refractivity contribution in [3.8, 4) is 0 Å². The van der Waals surface area contributed by atoms with E-state index >= 15 is 0 Å². The minimum absolute atomic E-state index is 0. The smallest absolute Gasteiger partial charge is 0.196 e. The van der Waals surface area contributed by atoms with Crippen LogP contribution in [0.25, 0.3) is 0 Å². The SMILES string of the molecule is CC(Cc1cscn1)C(=O)N1[CH-]CCC1.[Y]. The van der Waals surface area contributed by atoms with Crippen LogP contribution in [0.2, 0.25) is 0 Å². The average Bonchev–Trinajstić information content (AvgIpc) is 2.88. The largest absolute Gasteiger partial charge is 0.493 e. The molecule has 1 saturated heterocycles. The zero-order valence-corrected chi connectivity index (χ0v) is 13.1. The maximum atomic E-state index is 11.9. The summed E-state index contributed by atoms with van der Waals surface area (Å²) >= 11 is 1.58. The van der Waals surface area contributed by atoms with E-state index in [-0.39, 0.29) is 44.5 Å². The summed E-state index contributed by atoms with van der Waals surface area (Å²) in [4.78, 5) is 18.0. The normalized spacial score (nSPS) is 16.9. The first-order valence-electron chi connectivity index (χ1n) is 5.28. The van der Waals surface area contributed by atoms with Gasteiger partial charge in [-0.2, -0.15) is 6.42 Å². The zero-order chi connectivity index (χ0) is 10.7. The fraction of sp³-hybridized carbons (Fsp3) is 0.545. The van der Waals surface area contributed by atoms with Crippen molar-refractivity contribution in [1.29, 1.82) is 0 Å². The molecule has 1 radical (unpaired) electrons. The Balaban J connectivity index is 0.00000128. The summed E-state index contributed by atoms with van der Waals surface area (Å²) in [6.07, 6.45) is 2.90. The molecule has 16 heavy (non-hydrogen) atoms. The van der Waals surface area contributed by atoms with Gasteiger partial charge in [-0.25, -0.2) is 11.5 Å². The number of rotatable bonds is 3. The van der Waals surface area contributed by atoms with Gasteiger partial charge in [0.2, 0.25) is 0 Å². The summed E-state index contributed by atoms with van der Waals surface area (Å²) in [5.41, 5.74) is 2.84. The van der Waals surface area contributed by atoms with Gasteiger partial charge in [-0.05, 0) is 6.54 Å². The van der Waals surface area contributed by atoms with Gasteiger partial charge >= 0.3 is 0 Å². The van der Waals surface area contributed by atoms with Gasteiger partial charge in [0.25, 0.3) is 0 Å². The number of hydrogen-bond donors (Lipinski definition) is 0. The molecule has 1 aromatic rings. The Morgan fingerprint density at radius 3 is 3.12 bits per heavy atom. The summed E-state index contributed by atoms with van der Waals surface area (Å²) in [6.45, 7) is 4.88. The van der Waals surface area contributed by atoms with Crippen LogP contribution >= 0.6 is 11.3 Å². The van der Waals surface area contributed by atoms with E-state index in [1.54, 1.807) is 11.3 Å². The van der Waals surface area contributed by atoms with Crippen molar-refractivity contribution >= 4 is 17.2 Å². The van der Waals surface area contributed by atoms with E-state index in [4.69, 9.17) is 0 Å². The molecule has 1 unspecified atom stereocenters. The molecule has 85 valence electrons. The molecule has 0 saturated carbocycles. The van der Waals surface area contributed by atoms with Crippen molar-refractivity contribution in [3.63, 3.8) is 0 Å². The Hall–Kier alpha value is 0.204. The summed E-state index contributed by atoms with van der Waals surface area (Å²) in [5.74, 6) is 0.280. The van der Waals surface area contributed by atoms with E-state index in [0.717, 1.165) is 31.5 Å². The minimum atomic E-state index is 0. The number of carbonyl (C=O) groups is 1. The number of nitrogens with zero attached hydrogens (tertiary/aromatic N) is 2. The molecule has 0 bridgehead atoms. The summed E-state index contributed by atoms with van der Waals surface area (Å²) in [6, 6.07) is 0. The predicted octanol–water partition coefficient (Wildman–Crippen LogP) is 2.10. The van der Waals surface area contributed by atoms with E-state index in [2.05, 4.69) is 4.98 Å². The second-order valence-electron chi connectivity index (χ2n) is 3.94. The number of thiazole rings is 1. The Bertz CT molecular complexity index is 323. The predicted molar refractivity (Wildman–Crippen MR) is 60.2 cm³/mol. The van der Waals surface area contributed by atoms with E-state index in [1.165, 1.54) is 0 Å². The molecule has 0 spiro atoms. The molecule has 2 rings (SSSR count). The Kier molecular flexibility index (Phi) is 6.08. The van der Waals surface area contributed by atoms with E-state index in [9.17, 15) is 4.79 Å². The first-order chi connectivity index (χ1) is 7.27. The fourth-order valence-electron chi connectivity index (χ4n) is 1.82. The summed E-state index contributed by atoms with van der Waals surface area (Å²) in [5, 5.41) is 2.01. The number of likely N-dealkylation sites (tertiary alicyclic amines) is 1. The van der Waals surface area contributed by atoms with Crippen LogP contribution in [0, 0.1) is 12.5 Å². The van der Waals surface area contributed by atoms with Crippen LogP contribution in [0.15, 0.2) is 10.9 Å². The molecule has 5 heteroatoms. The third kappa shape index (κ3) is 3.61. The molecule has 1 fully saturated rings. The van der Waals surface area contributed by atoms with Gasteiger partial charge in [0.1, 0.15) is 0 Å². The molecule has 1 amide bonds. The van der Waals surface area contributed by atoms with Crippen molar-refractivity contribution in [2.75, 3.05) is 6.54 Å². The zero-order valence-electron chi connectivity index (χ0n) is 9.43. The van der Waals surface area contributed by atoms with Crippen LogP contribution in [-0.4, -0.2) is 22.3 Å². The van der Waals surface area contributed by atoms with Crippen molar-refractivity contribution in [3.05, 3.63) is 23.1 Å². The van der Waals surface area contributed by atoms with Crippen LogP contribution < -0.4 is 0 Å². The molecular formula is C11H15N2OSY-. The monoisotopic (exact) mass is 312 g/mol. The second-order valence-corrected chi connectivity index (χ2v) is 4.66. The third-order valence-corrected chi connectivity index (χ3v) is 3.29. The topological polar surface area (TPSA) is 33.2 Å². The second kappa shape index (κ2) is 6.82. The van der Waals surface area contributed by atoms with Gasteiger partial charge in [0, 0.05) is 50.4 Å². The number of amides is 1. The van der Waals surface area contributed by atoms with Gasteiger partial charge in [0.05, 0.1) is 11.2 Å². The first kappa shape index (κ1) is 14.3. The molecule has 0 aromatic carbocycles. The van der Waals surface area contributed by atoms with Crippen LogP contribution in [0.5, 0.6) is 0 Å². The molecule has 1 atom stereocenters. The molecular weight excluding hydrogens is 297 g/mol. The molecule has 1 aliphatic rings. The van der Waals surface area contributed by atoms with Crippen molar-refractivity contribution in [1.82, 2.24) is 9.88 Å². The van der Waals surface area contributed by atoms with E-state index in [1.807, 2.05) is 29.3 Å². The minimum Gasteiger partial charge on any atom is -0.493 e. The summed E-state index contributed by atoms with van der Waals surface area (Å²) < 4.78 is 0. The van der Waals surface area contributed by atoms with Crippen LogP contribution in [-0.2, 0) is 43.9 Å². The van der Waals surface area contributed by atoms with Crippen LogP contribution in [0.3, 0.4) is 0 Å². The number of aromatic nitrogens is 1. The summed E-state index contributed by atoms with van der Waals surface area (Å²) in [7, 11) is 0. The van der Waals surface area contributed by atoms with E-state index < -0.39 is 0 Å². The standard InChI is InChI=1S/C11H15N2OS.Y/c1-9(6-10-7-15-8-12-10)11(14)13-4-2-3-5-13;/h4,7-9H,2-3,5-6H2,1H3;/q-1;. The van der Waals surface area contributed by atoms with Crippen LogP contribution in [0.4, 0.5) is 0 Å². The molecule has 0 N–H and O–H groups in total. The van der Waals surface area contributed by atoms with Gasteiger partial charge in [0.15, 0.2) is 5.91 Å².